The molecule has 0 radical (unpaired) electrons. The predicted molar refractivity (Wildman–Crippen MR) is 146 cm³/mol. The van der Waals surface area contributed by atoms with Gasteiger partial charge in [0.05, 0.1) is 17.3 Å². The van der Waals surface area contributed by atoms with Crippen LogP contribution in [0.25, 0.3) is 0 Å². The molecule has 4 rings (SSSR count). The second-order valence-corrected chi connectivity index (χ2v) is 10.6. The number of aromatic nitrogens is 2. The van der Waals surface area contributed by atoms with E-state index in [1.165, 1.54) is 6.20 Å². The van der Waals surface area contributed by atoms with Crippen molar-refractivity contribution >= 4 is 29.1 Å². The van der Waals surface area contributed by atoms with Crippen LogP contribution in [0.4, 0.5) is 5.69 Å². The number of amides is 2. The summed E-state index contributed by atoms with van der Waals surface area (Å²) < 4.78 is 7.65. The number of anilines is 1. The largest absolute Gasteiger partial charge is 0.489 e. The third-order valence-electron chi connectivity index (χ3n) is 6.66. The van der Waals surface area contributed by atoms with Crippen LogP contribution in [0.1, 0.15) is 73.6 Å². The smallest absolute Gasteiger partial charge is 0.275 e. The molecule has 0 spiro atoms. The highest BCUT2D eigenvalue weighted by atomic mass is 35.5. The Morgan fingerprint density at radius 2 is 1.84 bits per heavy atom. The number of hydrogen-bond donors (Lipinski definition) is 2. The molecule has 1 aliphatic rings. The van der Waals surface area contributed by atoms with E-state index in [1.54, 1.807) is 4.68 Å². The summed E-state index contributed by atoms with van der Waals surface area (Å²) in [4.78, 5) is 25.4. The van der Waals surface area contributed by atoms with Crippen LogP contribution in [0.3, 0.4) is 0 Å². The summed E-state index contributed by atoms with van der Waals surface area (Å²) in [5.74, 6) is 0.883. The van der Waals surface area contributed by atoms with E-state index in [0.29, 0.717) is 35.3 Å². The summed E-state index contributed by atoms with van der Waals surface area (Å²) in [6, 6.07) is 15.8. The van der Waals surface area contributed by atoms with Crippen molar-refractivity contribution in [3.8, 4) is 5.75 Å². The average molecular weight is 523 g/mol. The van der Waals surface area contributed by atoms with E-state index in [-0.39, 0.29) is 23.9 Å². The SMILES string of the molecule is Cc1cc(OCc2ccccc2)ccc1NC(=O)c1c(Cl)cnn1[C@H]1CC[C@@H](NC(=O)CC(C)C)CC1. The van der Waals surface area contributed by atoms with Crippen LogP contribution in [0, 0.1) is 12.8 Å². The number of aryl methyl sites for hydroxylation is 1. The van der Waals surface area contributed by atoms with E-state index in [9.17, 15) is 9.59 Å². The van der Waals surface area contributed by atoms with Crippen LogP contribution in [0.5, 0.6) is 5.75 Å². The van der Waals surface area contributed by atoms with Gasteiger partial charge in [-0.05, 0) is 67.9 Å². The number of nitrogens with one attached hydrogen (secondary N) is 2. The molecule has 0 unspecified atom stereocenters. The quantitative estimate of drug-likeness (QED) is 0.344. The summed E-state index contributed by atoms with van der Waals surface area (Å²) in [6.07, 6.45) is 5.39. The van der Waals surface area contributed by atoms with Gasteiger partial charge >= 0.3 is 0 Å². The molecule has 2 N–H and O–H groups in total. The standard InChI is InChI=1S/C29H35ClN4O3/c1-19(2)15-27(35)32-22-9-11-23(12-10-22)34-28(25(30)17-31-34)29(36)33-26-14-13-24(16-20(26)3)37-18-21-7-5-4-6-8-21/h4-8,13-14,16-17,19,22-23H,9-12,15,18H2,1-3H3,(H,32,35)(H,33,36)/t22-,23+. The molecule has 2 aromatic carbocycles. The number of halogens is 1. The van der Waals surface area contributed by atoms with E-state index in [0.717, 1.165) is 42.6 Å². The van der Waals surface area contributed by atoms with Crippen molar-refractivity contribution in [3.63, 3.8) is 0 Å². The van der Waals surface area contributed by atoms with Gasteiger partial charge in [0.2, 0.25) is 5.91 Å². The average Bonchev–Trinajstić information content (AvgIpc) is 3.26. The minimum absolute atomic E-state index is 0.0568. The Bertz CT molecular complexity index is 1220. The highest BCUT2D eigenvalue weighted by molar-refractivity contribution is 6.34. The highest BCUT2D eigenvalue weighted by Crippen LogP contribution is 2.32. The topological polar surface area (TPSA) is 85.2 Å². The fourth-order valence-corrected chi connectivity index (χ4v) is 4.96. The molecule has 1 heterocycles. The van der Waals surface area contributed by atoms with E-state index in [1.807, 2.05) is 69.3 Å². The van der Waals surface area contributed by atoms with Gasteiger partial charge in [0, 0.05) is 18.2 Å². The molecule has 0 bridgehead atoms. The number of hydrogen-bond acceptors (Lipinski definition) is 4. The van der Waals surface area contributed by atoms with Crippen molar-refractivity contribution in [2.75, 3.05) is 5.32 Å². The fourth-order valence-electron chi connectivity index (χ4n) is 4.74. The van der Waals surface area contributed by atoms with Crippen molar-refractivity contribution in [2.24, 2.45) is 5.92 Å². The van der Waals surface area contributed by atoms with Gasteiger partial charge in [-0.1, -0.05) is 55.8 Å². The zero-order valence-electron chi connectivity index (χ0n) is 21.7. The van der Waals surface area contributed by atoms with E-state index < -0.39 is 0 Å². The molecular formula is C29H35ClN4O3. The Kier molecular flexibility index (Phi) is 8.87. The number of rotatable bonds is 9. The van der Waals surface area contributed by atoms with Crippen molar-refractivity contribution in [1.29, 1.82) is 0 Å². The third-order valence-corrected chi connectivity index (χ3v) is 6.94. The molecule has 1 aromatic heterocycles. The number of benzene rings is 2. The maximum Gasteiger partial charge on any atom is 0.275 e. The van der Waals surface area contributed by atoms with Crippen LogP contribution in [-0.2, 0) is 11.4 Å². The first-order valence-corrected chi connectivity index (χ1v) is 13.3. The molecular weight excluding hydrogens is 488 g/mol. The zero-order valence-corrected chi connectivity index (χ0v) is 22.4. The molecule has 0 atom stereocenters. The van der Waals surface area contributed by atoms with Gasteiger partial charge in [-0.3, -0.25) is 14.3 Å². The molecule has 0 saturated heterocycles. The van der Waals surface area contributed by atoms with Gasteiger partial charge in [-0.25, -0.2) is 0 Å². The first kappa shape index (κ1) is 26.7. The second kappa shape index (κ2) is 12.3. The molecule has 0 aliphatic heterocycles. The Hall–Kier alpha value is -3.32. The lowest BCUT2D eigenvalue weighted by Gasteiger charge is -2.30. The lowest BCUT2D eigenvalue weighted by molar-refractivity contribution is -0.122. The number of ether oxygens (including phenoxy) is 1. The van der Waals surface area contributed by atoms with Crippen molar-refractivity contribution in [1.82, 2.24) is 15.1 Å². The summed E-state index contributed by atoms with van der Waals surface area (Å²) in [7, 11) is 0. The van der Waals surface area contributed by atoms with Crippen LogP contribution in [0.2, 0.25) is 5.02 Å². The third kappa shape index (κ3) is 7.13. The molecule has 37 heavy (non-hydrogen) atoms. The van der Waals surface area contributed by atoms with Gasteiger partial charge < -0.3 is 15.4 Å². The molecule has 8 heteroatoms. The van der Waals surface area contributed by atoms with E-state index in [2.05, 4.69) is 15.7 Å². The zero-order chi connectivity index (χ0) is 26.4. The predicted octanol–water partition coefficient (Wildman–Crippen LogP) is 6.32. The molecule has 1 saturated carbocycles. The minimum Gasteiger partial charge on any atom is -0.489 e. The van der Waals surface area contributed by atoms with Gasteiger partial charge in [0.1, 0.15) is 18.1 Å². The van der Waals surface area contributed by atoms with Gasteiger partial charge in [-0.15, -0.1) is 0 Å². The van der Waals surface area contributed by atoms with Crippen LogP contribution < -0.4 is 15.4 Å². The van der Waals surface area contributed by atoms with Crippen molar-refractivity contribution < 1.29 is 14.3 Å². The Morgan fingerprint density at radius 3 is 2.51 bits per heavy atom. The van der Waals surface area contributed by atoms with Crippen LogP contribution in [-0.4, -0.2) is 27.6 Å². The first-order chi connectivity index (χ1) is 17.8. The molecule has 7 nitrogen and oxygen atoms in total. The van der Waals surface area contributed by atoms with E-state index in [4.69, 9.17) is 16.3 Å². The molecule has 1 aliphatic carbocycles. The molecule has 2 amide bonds. The second-order valence-electron chi connectivity index (χ2n) is 10.2. The normalized spacial score (nSPS) is 17.4. The number of nitrogens with zero attached hydrogens (tertiary/aromatic N) is 2. The molecule has 196 valence electrons. The first-order valence-electron chi connectivity index (χ1n) is 12.9. The van der Waals surface area contributed by atoms with Gasteiger partial charge in [0.15, 0.2) is 0 Å². The summed E-state index contributed by atoms with van der Waals surface area (Å²) in [5.41, 5.74) is 3.03. The van der Waals surface area contributed by atoms with E-state index >= 15 is 0 Å². The maximum atomic E-state index is 13.3. The van der Waals surface area contributed by atoms with Crippen LogP contribution in [0.15, 0.2) is 54.7 Å². The van der Waals surface area contributed by atoms with Crippen molar-refractivity contribution in [2.45, 2.75) is 71.6 Å². The minimum atomic E-state index is -0.295. The lowest BCUT2D eigenvalue weighted by Crippen LogP contribution is -2.38. The van der Waals surface area contributed by atoms with Gasteiger partial charge in [-0.2, -0.15) is 5.10 Å². The number of carbonyl (C=O) groups is 2. The number of carbonyl (C=O) groups excluding carboxylic acids is 2. The summed E-state index contributed by atoms with van der Waals surface area (Å²) >= 11 is 6.41. The van der Waals surface area contributed by atoms with Crippen LogP contribution >= 0.6 is 11.6 Å². The molecule has 1 fully saturated rings. The monoisotopic (exact) mass is 522 g/mol. The lowest BCUT2D eigenvalue weighted by atomic mass is 9.91. The van der Waals surface area contributed by atoms with Gasteiger partial charge in [0.25, 0.3) is 5.91 Å². The molecule has 3 aromatic rings. The Balaban J connectivity index is 1.37. The van der Waals surface area contributed by atoms with Crippen molar-refractivity contribution in [3.05, 3.63) is 76.6 Å². The highest BCUT2D eigenvalue weighted by Gasteiger charge is 2.28. The summed E-state index contributed by atoms with van der Waals surface area (Å²) in [6.45, 7) is 6.49. The Labute approximate surface area is 223 Å². The maximum absolute atomic E-state index is 13.3. The summed E-state index contributed by atoms with van der Waals surface area (Å²) in [5, 5.41) is 10.9. The fraction of sp³-hybridized carbons (Fsp3) is 0.414. The Morgan fingerprint density at radius 1 is 1.11 bits per heavy atom.